The third-order valence-electron chi connectivity index (χ3n) is 9.37. The largest absolute Gasteiger partial charge is 0.497 e. The maximum Gasteiger partial charge on any atom is 0.137 e. The molecule has 2 aliphatic carbocycles. The number of benzene rings is 1. The van der Waals surface area contributed by atoms with Crippen LogP contribution in [0.25, 0.3) is 0 Å². The number of nitrogens with one attached hydrogen (secondary N) is 2. The highest BCUT2D eigenvalue weighted by Gasteiger charge is 2.44. The average Bonchev–Trinajstić information content (AvgIpc) is 3.44. The smallest absolute Gasteiger partial charge is 0.137 e. The molecule has 3 atom stereocenters. The Balaban J connectivity index is 1.20. The van der Waals surface area contributed by atoms with Crippen molar-refractivity contribution in [3.63, 3.8) is 0 Å². The van der Waals surface area contributed by atoms with Crippen molar-refractivity contribution in [1.29, 1.82) is 5.41 Å². The van der Waals surface area contributed by atoms with Crippen LogP contribution in [0.3, 0.4) is 0 Å². The van der Waals surface area contributed by atoms with E-state index >= 15 is 0 Å². The summed E-state index contributed by atoms with van der Waals surface area (Å²) in [5, 5.41) is 16.8. The minimum Gasteiger partial charge on any atom is -0.497 e. The van der Waals surface area contributed by atoms with Gasteiger partial charge in [-0.3, -0.25) is 4.68 Å². The molecular formula is C31H41N7O. The molecular weight excluding hydrogens is 486 g/mol. The van der Waals surface area contributed by atoms with E-state index in [0.717, 1.165) is 78.2 Å². The summed E-state index contributed by atoms with van der Waals surface area (Å²) < 4.78 is 7.60. The van der Waals surface area contributed by atoms with Crippen molar-refractivity contribution < 1.29 is 4.74 Å². The fraction of sp³-hybridized carbons (Fsp3) is 0.516. The number of aromatic nitrogens is 3. The number of aryl methyl sites for hydroxylation is 2. The number of nitrogens with two attached hydrogens (primary N) is 1. The van der Waals surface area contributed by atoms with Gasteiger partial charge in [-0.15, -0.1) is 0 Å². The van der Waals surface area contributed by atoms with E-state index in [2.05, 4.69) is 27.9 Å². The quantitative estimate of drug-likeness (QED) is 0.357. The number of nitrogens with zero attached hydrogens (tertiary/aromatic N) is 4. The van der Waals surface area contributed by atoms with E-state index < -0.39 is 0 Å². The van der Waals surface area contributed by atoms with Crippen molar-refractivity contribution in [3.8, 4) is 5.75 Å². The summed E-state index contributed by atoms with van der Waals surface area (Å²) in [4.78, 5) is 7.16. The minimum atomic E-state index is 0.110. The van der Waals surface area contributed by atoms with Gasteiger partial charge in [0.1, 0.15) is 11.6 Å². The van der Waals surface area contributed by atoms with Gasteiger partial charge in [-0.25, -0.2) is 4.98 Å². The molecule has 0 saturated heterocycles. The van der Waals surface area contributed by atoms with E-state index in [1.54, 1.807) is 7.11 Å². The fourth-order valence-electron chi connectivity index (χ4n) is 7.15. The van der Waals surface area contributed by atoms with E-state index in [1.165, 1.54) is 43.2 Å². The molecule has 39 heavy (non-hydrogen) atoms. The standard InChI is InChI=1S/C31H41N7O/c1-20-14-29(26(16-32)30(35-20)34-17-22-4-6-25(39-3)7-5-22)37-13-10-28-27(19-37)21(2)36-38(28)18-24-9-12-31(33)11-8-23(24)15-31/h4-7,14,16,23-24,32H,8-13,15,17-19,33H2,1-3H3,(H,34,35)/t23?,24-,31?/m1/s1. The summed E-state index contributed by atoms with van der Waals surface area (Å²) in [7, 11) is 1.67. The van der Waals surface area contributed by atoms with Gasteiger partial charge in [0.15, 0.2) is 0 Å². The van der Waals surface area contributed by atoms with Gasteiger partial charge < -0.3 is 26.1 Å². The van der Waals surface area contributed by atoms with Crippen molar-refractivity contribution in [3.05, 3.63) is 64.1 Å². The lowest BCUT2D eigenvalue weighted by Gasteiger charge is -2.35. The summed E-state index contributed by atoms with van der Waals surface area (Å²) in [6.45, 7) is 7.54. The zero-order valence-electron chi connectivity index (χ0n) is 23.5. The highest BCUT2D eigenvalue weighted by molar-refractivity contribution is 5.92. The van der Waals surface area contributed by atoms with Crippen molar-refractivity contribution in [2.75, 3.05) is 23.9 Å². The molecule has 8 heteroatoms. The molecule has 2 unspecified atom stereocenters. The molecule has 3 aromatic rings. The number of fused-ring (bicyclic) bond motifs is 3. The molecule has 3 aliphatic rings. The van der Waals surface area contributed by atoms with Crippen LogP contribution in [0.2, 0.25) is 0 Å². The van der Waals surface area contributed by atoms with E-state index in [-0.39, 0.29) is 5.54 Å². The Kier molecular flexibility index (Phi) is 6.83. The van der Waals surface area contributed by atoms with Crippen LogP contribution < -0.4 is 20.7 Å². The first-order valence-corrected chi connectivity index (χ1v) is 14.3. The van der Waals surface area contributed by atoms with Crippen LogP contribution >= 0.6 is 0 Å². The number of ether oxygens (including phenoxy) is 1. The molecule has 2 fully saturated rings. The molecule has 1 aliphatic heterocycles. The topological polar surface area (TPSA) is 105 Å². The van der Waals surface area contributed by atoms with Gasteiger partial charge in [0.05, 0.1) is 24.1 Å². The highest BCUT2D eigenvalue weighted by Crippen LogP contribution is 2.47. The number of methoxy groups -OCH3 is 1. The summed E-state index contributed by atoms with van der Waals surface area (Å²) in [5.41, 5.74) is 14.5. The zero-order valence-corrected chi connectivity index (χ0v) is 23.5. The van der Waals surface area contributed by atoms with Gasteiger partial charge in [-0.2, -0.15) is 5.10 Å². The summed E-state index contributed by atoms with van der Waals surface area (Å²) >= 11 is 0. The van der Waals surface area contributed by atoms with Crippen molar-refractivity contribution in [1.82, 2.24) is 14.8 Å². The molecule has 8 nitrogen and oxygen atoms in total. The van der Waals surface area contributed by atoms with Crippen molar-refractivity contribution in [2.45, 2.75) is 77.5 Å². The van der Waals surface area contributed by atoms with Crippen LogP contribution in [0, 0.1) is 31.1 Å². The van der Waals surface area contributed by atoms with Gasteiger partial charge in [0.2, 0.25) is 0 Å². The Hall–Kier alpha value is -3.39. The predicted molar refractivity (Wildman–Crippen MR) is 156 cm³/mol. The third kappa shape index (κ3) is 5.02. The second-order valence-electron chi connectivity index (χ2n) is 11.9. The van der Waals surface area contributed by atoms with Crippen molar-refractivity contribution in [2.24, 2.45) is 17.6 Å². The van der Waals surface area contributed by atoms with Crippen molar-refractivity contribution >= 4 is 17.7 Å². The Morgan fingerprint density at radius 2 is 2.00 bits per heavy atom. The number of hydrogen-bond donors (Lipinski definition) is 3. The number of rotatable bonds is 8. The molecule has 2 saturated carbocycles. The van der Waals surface area contributed by atoms with Gasteiger partial charge in [-0.1, -0.05) is 12.1 Å². The molecule has 0 spiro atoms. The first kappa shape index (κ1) is 25.9. The van der Waals surface area contributed by atoms with Gasteiger partial charge in [0.25, 0.3) is 0 Å². The summed E-state index contributed by atoms with van der Waals surface area (Å²) in [6, 6.07) is 10.1. The summed E-state index contributed by atoms with van der Waals surface area (Å²) in [6.07, 6.45) is 8.45. The van der Waals surface area contributed by atoms with Crippen LogP contribution in [-0.2, 0) is 26.1 Å². The second-order valence-corrected chi connectivity index (χ2v) is 11.9. The Morgan fingerprint density at radius 3 is 2.77 bits per heavy atom. The number of hydrogen-bond acceptors (Lipinski definition) is 7. The Bertz CT molecular complexity index is 1360. The molecule has 1 aromatic carbocycles. The second kappa shape index (κ2) is 10.3. The predicted octanol–water partition coefficient (Wildman–Crippen LogP) is 4.98. The van der Waals surface area contributed by atoms with E-state index in [1.807, 2.05) is 31.2 Å². The summed E-state index contributed by atoms with van der Waals surface area (Å²) in [5.74, 6) is 3.03. The minimum absolute atomic E-state index is 0.110. The SMILES string of the molecule is COc1ccc(CNc2nc(C)cc(N3CCc4c(c(C)nn4C[C@H]4CCC5(N)CCC4C5)C3)c2C=N)cc1. The third-order valence-corrected chi connectivity index (χ3v) is 9.37. The number of anilines is 2. The first-order valence-electron chi connectivity index (χ1n) is 14.3. The molecule has 2 aromatic heterocycles. The average molecular weight is 528 g/mol. The van der Waals surface area contributed by atoms with Gasteiger partial charge >= 0.3 is 0 Å². The lowest BCUT2D eigenvalue weighted by molar-refractivity contribution is 0.194. The maximum absolute atomic E-state index is 8.27. The molecule has 0 amide bonds. The lowest BCUT2D eigenvalue weighted by atomic mass is 9.76. The molecule has 206 valence electrons. The van der Waals surface area contributed by atoms with E-state index in [4.69, 9.17) is 26.0 Å². The molecule has 2 bridgehead atoms. The fourth-order valence-corrected chi connectivity index (χ4v) is 7.15. The van der Waals surface area contributed by atoms with Crippen LogP contribution in [0.15, 0.2) is 30.3 Å². The molecule has 3 heterocycles. The van der Waals surface area contributed by atoms with Gasteiger partial charge in [-0.05, 0) is 81.5 Å². The highest BCUT2D eigenvalue weighted by atomic mass is 16.5. The molecule has 0 radical (unpaired) electrons. The maximum atomic E-state index is 8.27. The van der Waals surface area contributed by atoms with Crippen LogP contribution in [0.1, 0.15) is 65.9 Å². The Labute approximate surface area is 231 Å². The Morgan fingerprint density at radius 1 is 1.21 bits per heavy atom. The first-order chi connectivity index (χ1) is 18.9. The van der Waals surface area contributed by atoms with E-state index in [0.29, 0.717) is 12.5 Å². The van der Waals surface area contributed by atoms with Gasteiger partial charge in [0, 0.05) is 61.3 Å². The van der Waals surface area contributed by atoms with Crippen LogP contribution in [0.4, 0.5) is 11.5 Å². The lowest BCUT2D eigenvalue weighted by Crippen LogP contribution is -2.41. The molecule has 4 N–H and O–H groups in total. The normalized spacial score (nSPS) is 23.9. The molecule has 6 rings (SSSR count). The zero-order chi connectivity index (χ0) is 27.1. The van der Waals surface area contributed by atoms with Crippen LogP contribution in [0.5, 0.6) is 5.75 Å². The number of pyridine rings is 1. The van der Waals surface area contributed by atoms with E-state index in [9.17, 15) is 0 Å². The van der Waals surface area contributed by atoms with Crippen LogP contribution in [-0.4, -0.2) is 40.2 Å². The monoisotopic (exact) mass is 527 g/mol.